The molecule has 22 heavy (non-hydrogen) atoms. The van der Waals surface area contributed by atoms with Crippen LogP contribution in [0.4, 0.5) is 5.69 Å². The van der Waals surface area contributed by atoms with Gasteiger partial charge in [-0.15, -0.1) is 0 Å². The number of nitrogens with one attached hydrogen (secondary N) is 1. The van der Waals surface area contributed by atoms with Crippen LogP contribution in [0.25, 0.3) is 0 Å². The molecule has 0 fully saturated rings. The van der Waals surface area contributed by atoms with Crippen molar-refractivity contribution in [2.75, 3.05) is 5.32 Å². The molecule has 0 spiro atoms. The number of anilines is 1. The number of aryl methyl sites for hydroxylation is 1. The van der Waals surface area contributed by atoms with Gasteiger partial charge >= 0.3 is 0 Å². The van der Waals surface area contributed by atoms with Crippen molar-refractivity contribution in [1.29, 1.82) is 0 Å². The van der Waals surface area contributed by atoms with E-state index in [4.69, 9.17) is 13.7 Å². The van der Waals surface area contributed by atoms with Crippen molar-refractivity contribution in [3.05, 3.63) is 60.1 Å². The number of benzene rings is 1. The monoisotopic (exact) mass is 299 g/mol. The van der Waals surface area contributed by atoms with Crippen molar-refractivity contribution < 1.29 is 18.5 Å². The molecule has 1 amide bonds. The topological polar surface area (TPSA) is 90.4 Å². The molecule has 3 rings (SSSR count). The minimum atomic E-state index is -0.306. The fraction of sp³-hybridized carbons (Fsp3) is 0.133. The highest BCUT2D eigenvalue weighted by atomic mass is 16.5. The first-order chi connectivity index (χ1) is 10.7. The van der Waals surface area contributed by atoms with Gasteiger partial charge in [0, 0.05) is 5.69 Å². The first-order valence-electron chi connectivity index (χ1n) is 6.57. The summed E-state index contributed by atoms with van der Waals surface area (Å²) in [6.07, 6.45) is 1.45. The van der Waals surface area contributed by atoms with E-state index in [9.17, 15) is 4.79 Å². The Morgan fingerprint density at radius 3 is 2.73 bits per heavy atom. The third kappa shape index (κ3) is 3.32. The van der Waals surface area contributed by atoms with Gasteiger partial charge in [-0.05, 0) is 43.3 Å². The summed E-state index contributed by atoms with van der Waals surface area (Å²) in [4.78, 5) is 15.9. The lowest BCUT2D eigenvalue weighted by Gasteiger charge is -2.06. The molecule has 2 heterocycles. The summed E-state index contributed by atoms with van der Waals surface area (Å²) in [6, 6.07) is 10.2. The van der Waals surface area contributed by atoms with Gasteiger partial charge in [0.25, 0.3) is 11.8 Å². The van der Waals surface area contributed by atoms with E-state index in [0.717, 1.165) is 0 Å². The molecule has 0 radical (unpaired) electrons. The Balaban J connectivity index is 1.57. The molecule has 112 valence electrons. The summed E-state index contributed by atoms with van der Waals surface area (Å²) in [5.74, 6) is 1.56. The third-order valence-corrected chi connectivity index (χ3v) is 2.79. The van der Waals surface area contributed by atoms with Crippen molar-refractivity contribution in [1.82, 2.24) is 10.1 Å². The SMILES string of the molecule is Cc1noc(COc2ccc(NC(=O)c3ccco3)cc2)n1. The largest absolute Gasteiger partial charge is 0.484 e. The lowest BCUT2D eigenvalue weighted by molar-refractivity contribution is 0.0996. The van der Waals surface area contributed by atoms with Crippen LogP contribution in [0.2, 0.25) is 0 Å². The maximum atomic E-state index is 11.8. The van der Waals surface area contributed by atoms with E-state index in [0.29, 0.717) is 23.2 Å². The second-order valence-electron chi connectivity index (χ2n) is 4.48. The molecule has 7 heteroatoms. The molecular weight excluding hydrogens is 286 g/mol. The van der Waals surface area contributed by atoms with Crippen LogP contribution in [0.5, 0.6) is 5.75 Å². The average molecular weight is 299 g/mol. The molecule has 0 atom stereocenters. The fourth-order valence-electron chi connectivity index (χ4n) is 1.78. The van der Waals surface area contributed by atoms with E-state index in [1.54, 1.807) is 43.3 Å². The van der Waals surface area contributed by atoms with E-state index in [2.05, 4.69) is 15.5 Å². The highest BCUT2D eigenvalue weighted by molar-refractivity contribution is 6.02. The highest BCUT2D eigenvalue weighted by Gasteiger charge is 2.09. The molecule has 0 aliphatic rings. The Labute approximate surface area is 125 Å². The van der Waals surface area contributed by atoms with Gasteiger partial charge in [-0.2, -0.15) is 4.98 Å². The predicted molar refractivity (Wildman–Crippen MR) is 76.5 cm³/mol. The van der Waals surface area contributed by atoms with Crippen LogP contribution in [-0.2, 0) is 6.61 Å². The number of rotatable bonds is 5. The summed E-state index contributed by atoms with van der Waals surface area (Å²) in [7, 11) is 0. The highest BCUT2D eigenvalue weighted by Crippen LogP contribution is 2.17. The van der Waals surface area contributed by atoms with Crippen LogP contribution in [0.15, 0.2) is 51.6 Å². The van der Waals surface area contributed by atoms with E-state index >= 15 is 0 Å². The van der Waals surface area contributed by atoms with Crippen LogP contribution < -0.4 is 10.1 Å². The Morgan fingerprint density at radius 1 is 1.27 bits per heavy atom. The number of furan rings is 1. The maximum Gasteiger partial charge on any atom is 0.291 e. The molecule has 0 bridgehead atoms. The number of hydrogen-bond donors (Lipinski definition) is 1. The van der Waals surface area contributed by atoms with Crippen LogP contribution in [0.3, 0.4) is 0 Å². The quantitative estimate of drug-likeness (QED) is 0.779. The second kappa shape index (κ2) is 6.13. The maximum absolute atomic E-state index is 11.8. The standard InChI is InChI=1S/C15H13N3O4/c1-10-16-14(22-18-10)9-21-12-6-4-11(5-7-12)17-15(19)13-3-2-8-20-13/h2-8H,9H2,1H3,(H,17,19). The first-order valence-corrected chi connectivity index (χ1v) is 6.57. The third-order valence-electron chi connectivity index (χ3n) is 2.79. The second-order valence-corrected chi connectivity index (χ2v) is 4.48. The number of carbonyl (C=O) groups is 1. The lowest BCUT2D eigenvalue weighted by atomic mass is 10.3. The molecule has 1 aromatic carbocycles. The van der Waals surface area contributed by atoms with Gasteiger partial charge in [-0.3, -0.25) is 4.79 Å². The molecule has 0 aliphatic heterocycles. The van der Waals surface area contributed by atoms with Crippen molar-refractivity contribution in [3.8, 4) is 5.75 Å². The summed E-state index contributed by atoms with van der Waals surface area (Å²) >= 11 is 0. The summed E-state index contributed by atoms with van der Waals surface area (Å²) in [5, 5.41) is 6.40. The Bertz CT molecular complexity index is 747. The molecular formula is C15H13N3O4. The predicted octanol–water partition coefficient (Wildman–Crippen LogP) is 2.80. The van der Waals surface area contributed by atoms with Crippen LogP contribution in [0.1, 0.15) is 22.3 Å². The minimum absolute atomic E-state index is 0.193. The van der Waals surface area contributed by atoms with Gasteiger partial charge in [0.1, 0.15) is 5.75 Å². The zero-order valence-electron chi connectivity index (χ0n) is 11.8. The number of aromatic nitrogens is 2. The van der Waals surface area contributed by atoms with Gasteiger partial charge in [0.05, 0.1) is 6.26 Å². The molecule has 0 unspecified atom stereocenters. The van der Waals surface area contributed by atoms with E-state index in [1.807, 2.05) is 0 Å². The van der Waals surface area contributed by atoms with Crippen LogP contribution >= 0.6 is 0 Å². The molecule has 0 saturated carbocycles. The van der Waals surface area contributed by atoms with Gasteiger partial charge in [-0.25, -0.2) is 0 Å². The van der Waals surface area contributed by atoms with Gasteiger partial charge in [0.2, 0.25) is 0 Å². The molecule has 7 nitrogen and oxygen atoms in total. The van der Waals surface area contributed by atoms with Gasteiger partial charge in [0.15, 0.2) is 18.2 Å². The Morgan fingerprint density at radius 2 is 2.09 bits per heavy atom. The lowest BCUT2D eigenvalue weighted by Crippen LogP contribution is -2.10. The first kappa shape index (κ1) is 13.9. The molecule has 0 saturated heterocycles. The van der Waals surface area contributed by atoms with Crippen molar-refractivity contribution >= 4 is 11.6 Å². The van der Waals surface area contributed by atoms with E-state index < -0.39 is 0 Å². The summed E-state index contributed by atoms with van der Waals surface area (Å²) < 4.78 is 15.5. The van der Waals surface area contributed by atoms with Crippen LogP contribution in [0, 0.1) is 6.92 Å². The molecule has 1 N–H and O–H groups in total. The Hall–Kier alpha value is -3.09. The van der Waals surface area contributed by atoms with Gasteiger partial charge in [-0.1, -0.05) is 5.16 Å². The van der Waals surface area contributed by atoms with Crippen LogP contribution in [-0.4, -0.2) is 16.0 Å². The molecule has 3 aromatic rings. The zero-order chi connectivity index (χ0) is 15.4. The normalized spacial score (nSPS) is 10.4. The van der Waals surface area contributed by atoms with E-state index in [-0.39, 0.29) is 18.3 Å². The average Bonchev–Trinajstić information content (AvgIpc) is 3.18. The minimum Gasteiger partial charge on any atom is -0.484 e. The number of ether oxygens (including phenoxy) is 1. The molecule has 2 aromatic heterocycles. The fourth-order valence-corrected chi connectivity index (χ4v) is 1.78. The summed E-state index contributed by atoms with van der Waals surface area (Å²) in [5.41, 5.74) is 0.641. The number of hydrogen-bond acceptors (Lipinski definition) is 6. The van der Waals surface area contributed by atoms with Crippen molar-refractivity contribution in [2.45, 2.75) is 13.5 Å². The van der Waals surface area contributed by atoms with Gasteiger partial charge < -0.3 is 19.0 Å². The smallest absolute Gasteiger partial charge is 0.291 e. The van der Waals surface area contributed by atoms with Crippen molar-refractivity contribution in [3.63, 3.8) is 0 Å². The Kier molecular flexibility index (Phi) is 3.86. The number of carbonyl (C=O) groups excluding carboxylic acids is 1. The molecule has 0 aliphatic carbocycles. The van der Waals surface area contributed by atoms with E-state index in [1.165, 1.54) is 6.26 Å². The van der Waals surface area contributed by atoms with Crippen molar-refractivity contribution in [2.24, 2.45) is 0 Å². The number of nitrogens with zero attached hydrogens (tertiary/aromatic N) is 2. The zero-order valence-corrected chi connectivity index (χ0v) is 11.8. The summed E-state index contributed by atoms with van der Waals surface area (Å²) in [6.45, 7) is 1.93. The number of amides is 1.